The van der Waals surface area contributed by atoms with Crippen LogP contribution in [0.2, 0.25) is 0 Å². The Morgan fingerprint density at radius 1 is 1.21 bits per heavy atom. The summed E-state index contributed by atoms with van der Waals surface area (Å²) in [5.41, 5.74) is 2.80. The Morgan fingerprint density at radius 2 is 2.00 bits per heavy atom. The van der Waals surface area contributed by atoms with Crippen LogP contribution in [0.4, 0.5) is 11.6 Å². The van der Waals surface area contributed by atoms with Crippen molar-refractivity contribution in [1.29, 1.82) is 0 Å². The topological polar surface area (TPSA) is 61.3 Å². The molecule has 0 atom stereocenters. The lowest BCUT2D eigenvalue weighted by atomic mass is 9.91. The van der Waals surface area contributed by atoms with E-state index in [1.165, 1.54) is 11.1 Å². The van der Waals surface area contributed by atoms with Crippen LogP contribution >= 0.6 is 0 Å². The maximum atomic E-state index is 10.2. The molecule has 128 valence electrons. The number of hydrogen-bond acceptors (Lipinski definition) is 5. The third kappa shape index (κ3) is 3.51. The van der Waals surface area contributed by atoms with Crippen molar-refractivity contribution >= 4 is 11.6 Å². The number of aromatic nitrogens is 2. The minimum absolute atomic E-state index is 0.784. The molecule has 3 rings (SSSR count). The predicted octanol–water partition coefficient (Wildman–Crippen LogP) is 3.01. The van der Waals surface area contributed by atoms with Crippen molar-refractivity contribution in [3.8, 4) is 0 Å². The number of benzene rings is 1. The van der Waals surface area contributed by atoms with E-state index < -0.39 is 5.60 Å². The molecule has 0 saturated carbocycles. The summed E-state index contributed by atoms with van der Waals surface area (Å²) in [5, 5.41) is 13.5. The molecule has 0 aliphatic carbocycles. The maximum Gasteiger partial charge on any atom is 0.134 e. The number of rotatable bonds is 4. The Balaban J connectivity index is 1.85. The Bertz CT molecular complexity index is 737. The molecular formula is C19H26N4O. The first kappa shape index (κ1) is 16.7. The minimum atomic E-state index is -0.795. The molecule has 1 aliphatic heterocycles. The van der Waals surface area contributed by atoms with Gasteiger partial charge in [0, 0.05) is 25.7 Å². The van der Waals surface area contributed by atoms with E-state index in [4.69, 9.17) is 0 Å². The van der Waals surface area contributed by atoms with Crippen LogP contribution in [0.15, 0.2) is 24.3 Å². The van der Waals surface area contributed by atoms with Crippen LogP contribution in [0.1, 0.15) is 43.3 Å². The van der Waals surface area contributed by atoms with Crippen molar-refractivity contribution in [3.63, 3.8) is 0 Å². The highest BCUT2D eigenvalue weighted by molar-refractivity contribution is 5.52. The highest BCUT2D eigenvalue weighted by Gasteiger charge is 2.22. The quantitative estimate of drug-likeness (QED) is 0.904. The van der Waals surface area contributed by atoms with Crippen LogP contribution in [0, 0.1) is 6.92 Å². The number of nitrogens with one attached hydrogen (secondary N) is 1. The molecular weight excluding hydrogens is 300 g/mol. The molecule has 0 amide bonds. The van der Waals surface area contributed by atoms with Crippen molar-refractivity contribution in [1.82, 2.24) is 9.97 Å². The summed E-state index contributed by atoms with van der Waals surface area (Å²) >= 11 is 0. The second-order valence-electron chi connectivity index (χ2n) is 6.90. The highest BCUT2D eigenvalue weighted by atomic mass is 16.3. The molecule has 0 fully saturated rings. The summed E-state index contributed by atoms with van der Waals surface area (Å²) < 4.78 is 0. The molecule has 2 heterocycles. The van der Waals surface area contributed by atoms with Gasteiger partial charge in [-0.25, -0.2) is 9.97 Å². The molecule has 1 aromatic heterocycles. The van der Waals surface area contributed by atoms with Crippen molar-refractivity contribution < 1.29 is 5.11 Å². The molecule has 5 nitrogen and oxygen atoms in total. The molecule has 0 saturated heterocycles. The summed E-state index contributed by atoms with van der Waals surface area (Å²) in [6.07, 6.45) is 0.957. The van der Waals surface area contributed by atoms with E-state index in [1.54, 1.807) is 0 Å². The molecule has 1 aromatic carbocycles. The van der Waals surface area contributed by atoms with Gasteiger partial charge in [-0.3, -0.25) is 0 Å². The minimum Gasteiger partial charge on any atom is -0.386 e. The second kappa shape index (κ2) is 6.40. The van der Waals surface area contributed by atoms with E-state index in [9.17, 15) is 5.11 Å². The summed E-state index contributed by atoms with van der Waals surface area (Å²) in [5.74, 6) is 2.63. The summed E-state index contributed by atoms with van der Waals surface area (Å²) in [6, 6.07) is 8.32. The third-order valence-electron chi connectivity index (χ3n) is 4.43. The van der Waals surface area contributed by atoms with Crippen LogP contribution in [0.5, 0.6) is 0 Å². The molecule has 5 heteroatoms. The SMILES string of the molecule is CCNc1cc(N2CCc3cc(C(C)(C)O)ccc3C2)nc(C)n1. The fraction of sp³-hybridized carbons (Fsp3) is 0.474. The van der Waals surface area contributed by atoms with E-state index in [1.807, 2.05) is 32.9 Å². The lowest BCUT2D eigenvalue weighted by Crippen LogP contribution is -2.31. The zero-order chi connectivity index (χ0) is 17.3. The number of anilines is 2. The van der Waals surface area contributed by atoms with E-state index in [2.05, 4.69) is 39.2 Å². The zero-order valence-electron chi connectivity index (χ0n) is 14.9. The largest absolute Gasteiger partial charge is 0.386 e. The lowest BCUT2D eigenvalue weighted by molar-refractivity contribution is 0.0785. The highest BCUT2D eigenvalue weighted by Crippen LogP contribution is 2.28. The Labute approximate surface area is 143 Å². The fourth-order valence-electron chi connectivity index (χ4n) is 3.11. The van der Waals surface area contributed by atoms with Gasteiger partial charge < -0.3 is 15.3 Å². The monoisotopic (exact) mass is 326 g/mol. The standard InChI is InChI=1S/C19H26N4O/c1-5-20-17-11-18(22-13(2)21-17)23-9-8-14-10-16(19(3,4)24)7-6-15(14)12-23/h6-7,10-11,24H,5,8-9,12H2,1-4H3,(H,20,21,22). The average molecular weight is 326 g/mol. The van der Waals surface area contributed by atoms with Crippen molar-refractivity contribution in [2.24, 2.45) is 0 Å². The van der Waals surface area contributed by atoms with Gasteiger partial charge in [-0.15, -0.1) is 0 Å². The first-order chi connectivity index (χ1) is 11.4. The van der Waals surface area contributed by atoms with Crippen LogP contribution in [-0.4, -0.2) is 28.2 Å². The van der Waals surface area contributed by atoms with E-state index in [-0.39, 0.29) is 0 Å². The predicted molar refractivity (Wildman–Crippen MR) is 97.4 cm³/mol. The van der Waals surface area contributed by atoms with E-state index in [0.29, 0.717) is 0 Å². The van der Waals surface area contributed by atoms with E-state index in [0.717, 1.165) is 49.1 Å². The van der Waals surface area contributed by atoms with Gasteiger partial charge in [0.2, 0.25) is 0 Å². The first-order valence-corrected chi connectivity index (χ1v) is 8.56. The lowest BCUT2D eigenvalue weighted by Gasteiger charge is -2.31. The molecule has 2 aromatic rings. The number of aryl methyl sites for hydroxylation is 1. The average Bonchev–Trinajstić information content (AvgIpc) is 2.53. The van der Waals surface area contributed by atoms with Gasteiger partial charge in [-0.2, -0.15) is 0 Å². The number of hydrogen-bond donors (Lipinski definition) is 2. The molecule has 0 radical (unpaired) electrons. The van der Waals surface area contributed by atoms with Gasteiger partial charge in [0.1, 0.15) is 17.5 Å². The zero-order valence-corrected chi connectivity index (χ0v) is 14.9. The molecule has 24 heavy (non-hydrogen) atoms. The van der Waals surface area contributed by atoms with Crippen LogP contribution < -0.4 is 10.2 Å². The Hall–Kier alpha value is -2.14. The number of fused-ring (bicyclic) bond motifs is 1. The smallest absolute Gasteiger partial charge is 0.134 e. The Kier molecular flexibility index (Phi) is 4.45. The molecule has 0 spiro atoms. The summed E-state index contributed by atoms with van der Waals surface area (Å²) in [7, 11) is 0. The summed E-state index contributed by atoms with van der Waals surface area (Å²) in [6.45, 7) is 10.3. The van der Waals surface area contributed by atoms with E-state index >= 15 is 0 Å². The normalized spacial score (nSPS) is 14.5. The third-order valence-corrected chi connectivity index (χ3v) is 4.43. The van der Waals surface area contributed by atoms with Gasteiger partial charge in [0.15, 0.2) is 0 Å². The van der Waals surface area contributed by atoms with Crippen molar-refractivity contribution in [2.75, 3.05) is 23.3 Å². The van der Waals surface area contributed by atoms with Gasteiger partial charge in [-0.05, 0) is 50.8 Å². The molecule has 0 unspecified atom stereocenters. The van der Waals surface area contributed by atoms with Crippen LogP contribution in [0.3, 0.4) is 0 Å². The van der Waals surface area contributed by atoms with Crippen molar-refractivity contribution in [2.45, 2.75) is 46.3 Å². The summed E-state index contributed by atoms with van der Waals surface area (Å²) in [4.78, 5) is 11.3. The Morgan fingerprint density at radius 3 is 2.71 bits per heavy atom. The van der Waals surface area contributed by atoms with Crippen LogP contribution in [-0.2, 0) is 18.6 Å². The van der Waals surface area contributed by atoms with Gasteiger partial charge in [0.25, 0.3) is 0 Å². The van der Waals surface area contributed by atoms with Crippen LogP contribution in [0.25, 0.3) is 0 Å². The maximum absolute atomic E-state index is 10.2. The van der Waals surface area contributed by atoms with Gasteiger partial charge in [0.05, 0.1) is 5.60 Å². The molecule has 1 aliphatic rings. The van der Waals surface area contributed by atoms with Crippen molar-refractivity contribution in [3.05, 3.63) is 46.8 Å². The molecule has 2 N–H and O–H groups in total. The second-order valence-corrected chi connectivity index (χ2v) is 6.90. The molecule has 0 bridgehead atoms. The number of aliphatic hydroxyl groups is 1. The fourth-order valence-corrected chi connectivity index (χ4v) is 3.11. The first-order valence-electron chi connectivity index (χ1n) is 8.56. The van der Waals surface area contributed by atoms with Gasteiger partial charge in [-0.1, -0.05) is 18.2 Å². The number of nitrogens with zero attached hydrogens (tertiary/aromatic N) is 3. The van der Waals surface area contributed by atoms with Gasteiger partial charge >= 0.3 is 0 Å².